The molecule has 0 aromatic heterocycles. The summed E-state index contributed by atoms with van der Waals surface area (Å²) >= 11 is 10.8. The standard InChI is InChI=1S/C11H14ClFN2S/c1-11(2,3)15-10(16)14-9-5-7(12)4-8(13)6-9/h4-6H,1-3H3,(H2,14,15,16). The van der Waals surface area contributed by atoms with E-state index in [0.29, 0.717) is 15.8 Å². The molecule has 0 bridgehead atoms. The van der Waals surface area contributed by atoms with Gasteiger partial charge in [-0.3, -0.25) is 0 Å². The van der Waals surface area contributed by atoms with Crippen LogP contribution in [0, 0.1) is 5.82 Å². The van der Waals surface area contributed by atoms with Gasteiger partial charge in [-0.2, -0.15) is 0 Å². The zero-order chi connectivity index (χ0) is 12.3. The van der Waals surface area contributed by atoms with Crippen molar-refractivity contribution in [2.45, 2.75) is 26.3 Å². The zero-order valence-corrected chi connectivity index (χ0v) is 11.0. The predicted octanol–water partition coefficient (Wildman–Crippen LogP) is 3.56. The summed E-state index contributed by atoms with van der Waals surface area (Å²) in [4.78, 5) is 0. The van der Waals surface area contributed by atoms with E-state index >= 15 is 0 Å². The van der Waals surface area contributed by atoms with Gasteiger partial charge in [0.2, 0.25) is 0 Å². The van der Waals surface area contributed by atoms with Crippen LogP contribution in [0.5, 0.6) is 0 Å². The molecule has 0 aliphatic heterocycles. The fourth-order valence-corrected chi connectivity index (χ4v) is 1.77. The first-order valence-electron chi connectivity index (χ1n) is 4.81. The molecule has 0 saturated carbocycles. The fourth-order valence-electron chi connectivity index (χ4n) is 1.13. The molecular weight excluding hydrogens is 247 g/mol. The minimum Gasteiger partial charge on any atom is -0.358 e. The molecule has 0 spiro atoms. The van der Waals surface area contributed by atoms with Crippen molar-refractivity contribution in [3.63, 3.8) is 0 Å². The highest BCUT2D eigenvalue weighted by molar-refractivity contribution is 7.80. The van der Waals surface area contributed by atoms with Crippen LogP contribution in [0.2, 0.25) is 5.02 Å². The molecule has 1 rings (SSSR count). The van der Waals surface area contributed by atoms with Gasteiger partial charge in [0.1, 0.15) is 5.82 Å². The monoisotopic (exact) mass is 260 g/mol. The van der Waals surface area contributed by atoms with E-state index in [1.165, 1.54) is 12.1 Å². The number of rotatable bonds is 1. The minimum atomic E-state index is -0.395. The average molecular weight is 261 g/mol. The third kappa shape index (κ3) is 4.77. The van der Waals surface area contributed by atoms with Crippen molar-refractivity contribution >= 4 is 34.6 Å². The number of benzene rings is 1. The van der Waals surface area contributed by atoms with Crippen LogP contribution in [0.3, 0.4) is 0 Å². The molecule has 88 valence electrons. The lowest BCUT2D eigenvalue weighted by Crippen LogP contribution is -2.42. The van der Waals surface area contributed by atoms with E-state index < -0.39 is 5.82 Å². The Morgan fingerprint density at radius 2 is 1.94 bits per heavy atom. The maximum Gasteiger partial charge on any atom is 0.171 e. The molecule has 0 saturated heterocycles. The van der Waals surface area contributed by atoms with Crippen molar-refractivity contribution in [1.29, 1.82) is 0 Å². The van der Waals surface area contributed by atoms with Crippen molar-refractivity contribution in [3.8, 4) is 0 Å². The maximum atomic E-state index is 13.0. The number of hydrogen-bond donors (Lipinski definition) is 2. The predicted molar refractivity (Wildman–Crippen MR) is 70.5 cm³/mol. The number of halogens is 2. The van der Waals surface area contributed by atoms with Crippen LogP contribution in [-0.4, -0.2) is 10.7 Å². The van der Waals surface area contributed by atoms with Crippen LogP contribution < -0.4 is 10.6 Å². The summed E-state index contributed by atoms with van der Waals surface area (Å²) in [5, 5.41) is 6.71. The summed E-state index contributed by atoms with van der Waals surface area (Å²) in [6.07, 6.45) is 0. The second-order valence-corrected chi connectivity index (χ2v) is 5.33. The Kier molecular flexibility index (Phi) is 4.10. The van der Waals surface area contributed by atoms with Gasteiger partial charge in [-0.1, -0.05) is 11.6 Å². The van der Waals surface area contributed by atoms with Gasteiger partial charge in [0, 0.05) is 16.2 Å². The molecule has 16 heavy (non-hydrogen) atoms. The third-order valence-electron chi connectivity index (χ3n) is 1.61. The lowest BCUT2D eigenvalue weighted by molar-refractivity contribution is 0.515. The summed E-state index contributed by atoms with van der Waals surface area (Å²) in [6, 6.07) is 4.19. The summed E-state index contributed by atoms with van der Waals surface area (Å²) in [5.41, 5.74) is 0.396. The summed E-state index contributed by atoms with van der Waals surface area (Å²) in [6.45, 7) is 5.96. The lowest BCUT2D eigenvalue weighted by atomic mass is 10.1. The molecule has 0 radical (unpaired) electrons. The Balaban J connectivity index is 2.70. The molecule has 1 aromatic rings. The summed E-state index contributed by atoms with van der Waals surface area (Å²) in [5.74, 6) is -0.395. The molecule has 0 atom stereocenters. The normalized spacial score (nSPS) is 11.1. The van der Waals surface area contributed by atoms with Gasteiger partial charge in [0.25, 0.3) is 0 Å². The van der Waals surface area contributed by atoms with Gasteiger partial charge in [0.15, 0.2) is 5.11 Å². The minimum absolute atomic E-state index is 0.138. The molecule has 0 heterocycles. The molecule has 2 N–H and O–H groups in total. The third-order valence-corrected chi connectivity index (χ3v) is 2.03. The summed E-state index contributed by atoms with van der Waals surface area (Å²) in [7, 11) is 0. The van der Waals surface area contributed by atoms with Crippen molar-refractivity contribution < 1.29 is 4.39 Å². The molecule has 0 aliphatic carbocycles. The summed E-state index contributed by atoms with van der Waals surface area (Å²) < 4.78 is 13.0. The first-order chi connectivity index (χ1) is 7.26. The van der Waals surface area contributed by atoms with Crippen LogP contribution in [0.15, 0.2) is 18.2 Å². The van der Waals surface area contributed by atoms with E-state index in [4.69, 9.17) is 23.8 Å². The van der Waals surface area contributed by atoms with E-state index in [1.54, 1.807) is 6.07 Å². The molecule has 0 fully saturated rings. The van der Waals surface area contributed by atoms with E-state index in [1.807, 2.05) is 20.8 Å². The van der Waals surface area contributed by atoms with Crippen molar-refractivity contribution in [2.24, 2.45) is 0 Å². The van der Waals surface area contributed by atoms with Gasteiger partial charge < -0.3 is 10.6 Å². The van der Waals surface area contributed by atoms with Crippen LogP contribution >= 0.6 is 23.8 Å². The SMILES string of the molecule is CC(C)(C)NC(=S)Nc1cc(F)cc(Cl)c1. The van der Waals surface area contributed by atoms with Gasteiger partial charge >= 0.3 is 0 Å². The fraction of sp³-hybridized carbons (Fsp3) is 0.364. The number of nitrogens with one attached hydrogen (secondary N) is 2. The zero-order valence-electron chi connectivity index (χ0n) is 9.40. The maximum absolute atomic E-state index is 13.0. The second kappa shape index (κ2) is 4.97. The quantitative estimate of drug-likeness (QED) is 0.755. The first-order valence-corrected chi connectivity index (χ1v) is 5.60. The highest BCUT2D eigenvalue weighted by Gasteiger charge is 2.11. The van der Waals surface area contributed by atoms with E-state index in [0.717, 1.165) is 0 Å². The molecule has 1 aromatic carbocycles. The molecule has 0 aliphatic rings. The smallest absolute Gasteiger partial charge is 0.171 e. The van der Waals surface area contributed by atoms with Gasteiger partial charge in [-0.05, 0) is 51.2 Å². The number of hydrogen-bond acceptors (Lipinski definition) is 1. The van der Waals surface area contributed by atoms with Gasteiger partial charge in [-0.15, -0.1) is 0 Å². The van der Waals surface area contributed by atoms with Crippen LogP contribution in [-0.2, 0) is 0 Å². The molecule has 2 nitrogen and oxygen atoms in total. The number of thiocarbonyl (C=S) groups is 1. The highest BCUT2D eigenvalue weighted by atomic mass is 35.5. The van der Waals surface area contributed by atoms with E-state index in [2.05, 4.69) is 10.6 Å². The van der Waals surface area contributed by atoms with Gasteiger partial charge in [-0.25, -0.2) is 4.39 Å². The molecular formula is C11H14ClFN2S. The Morgan fingerprint density at radius 3 is 2.44 bits per heavy atom. The van der Waals surface area contributed by atoms with Crippen LogP contribution in [0.1, 0.15) is 20.8 Å². The number of anilines is 1. The Morgan fingerprint density at radius 1 is 1.31 bits per heavy atom. The Labute approximate surface area is 105 Å². The van der Waals surface area contributed by atoms with Crippen molar-refractivity contribution in [2.75, 3.05) is 5.32 Å². The largest absolute Gasteiger partial charge is 0.358 e. The van der Waals surface area contributed by atoms with Gasteiger partial charge in [0.05, 0.1) is 0 Å². The van der Waals surface area contributed by atoms with Crippen LogP contribution in [0.4, 0.5) is 10.1 Å². The van der Waals surface area contributed by atoms with Crippen molar-refractivity contribution in [3.05, 3.63) is 29.0 Å². The average Bonchev–Trinajstić information content (AvgIpc) is 1.96. The molecule has 0 unspecified atom stereocenters. The highest BCUT2D eigenvalue weighted by Crippen LogP contribution is 2.18. The topological polar surface area (TPSA) is 24.1 Å². The lowest BCUT2D eigenvalue weighted by Gasteiger charge is -2.23. The van der Waals surface area contributed by atoms with Crippen molar-refractivity contribution in [1.82, 2.24) is 5.32 Å². The Hall–Kier alpha value is -0.870. The second-order valence-electron chi connectivity index (χ2n) is 4.49. The van der Waals surface area contributed by atoms with Crippen LogP contribution in [0.25, 0.3) is 0 Å². The van der Waals surface area contributed by atoms with E-state index in [9.17, 15) is 4.39 Å². The first kappa shape index (κ1) is 13.2. The molecule has 5 heteroatoms. The molecule has 0 amide bonds. The Bertz CT molecular complexity index is 381. The van der Waals surface area contributed by atoms with E-state index in [-0.39, 0.29) is 5.54 Å².